The highest BCUT2D eigenvalue weighted by molar-refractivity contribution is 5.83. The van der Waals surface area contributed by atoms with E-state index in [1.807, 2.05) is 51.2 Å². The fraction of sp³-hybridized carbons (Fsp3) is 0.400. The van der Waals surface area contributed by atoms with Crippen molar-refractivity contribution in [2.24, 2.45) is 5.73 Å². The maximum Gasteiger partial charge on any atom is 0.407 e. The van der Waals surface area contributed by atoms with E-state index in [1.165, 1.54) is 0 Å². The highest BCUT2D eigenvalue weighted by Crippen LogP contribution is 2.21. The van der Waals surface area contributed by atoms with Crippen molar-refractivity contribution < 1.29 is 9.53 Å². The van der Waals surface area contributed by atoms with Crippen LogP contribution in [0.4, 0.5) is 4.79 Å². The van der Waals surface area contributed by atoms with E-state index in [0.29, 0.717) is 6.54 Å². The summed E-state index contributed by atoms with van der Waals surface area (Å²) in [7, 11) is 0. The number of amides is 1. The third kappa shape index (κ3) is 3.51. The molecule has 1 atom stereocenters. The standard InChI is InChI=1S/C15H21N3O2/c1-15(2,3)20-14(19)18-9-12(16)11-6-4-5-10-7-8-17-13(10)11/h4-8,12,17H,9,16H2,1-3H3,(H,18,19). The Morgan fingerprint density at radius 1 is 1.40 bits per heavy atom. The Morgan fingerprint density at radius 3 is 2.85 bits per heavy atom. The van der Waals surface area contributed by atoms with E-state index in [4.69, 9.17) is 10.5 Å². The maximum absolute atomic E-state index is 11.6. The molecular formula is C15H21N3O2. The van der Waals surface area contributed by atoms with Gasteiger partial charge in [0.15, 0.2) is 0 Å². The first-order chi connectivity index (χ1) is 9.37. The molecule has 0 aliphatic rings. The van der Waals surface area contributed by atoms with Crippen LogP contribution < -0.4 is 11.1 Å². The number of aromatic nitrogens is 1. The second-order valence-electron chi connectivity index (χ2n) is 5.78. The lowest BCUT2D eigenvalue weighted by molar-refractivity contribution is 0.0524. The number of ether oxygens (including phenoxy) is 1. The molecule has 0 aliphatic carbocycles. The van der Waals surface area contributed by atoms with Crippen molar-refractivity contribution in [3.8, 4) is 0 Å². The smallest absolute Gasteiger partial charge is 0.407 e. The van der Waals surface area contributed by atoms with Gasteiger partial charge >= 0.3 is 6.09 Å². The normalized spacial score (nSPS) is 13.2. The maximum atomic E-state index is 11.6. The minimum absolute atomic E-state index is 0.287. The number of nitrogens with two attached hydrogens (primary N) is 1. The Balaban J connectivity index is 2.00. The van der Waals surface area contributed by atoms with Gasteiger partial charge in [-0.1, -0.05) is 18.2 Å². The van der Waals surface area contributed by atoms with Crippen LogP contribution in [0.15, 0.2) is 30.5 Å². The zero-order valence-corrected chi connectivity index (χ0v) is 12.1. The molecule has 20 heavy (non-hydrogen) atoms. The first-order valence-corrected chi connectivity index (χ1v) is 6.65. The first kappa shape index (κ1) is 14.4. The second-order valence-corrected chi connectivity index (χ2v) is 5.78. The van der Waals surface area contributed by atoms with Crippen molar-refractivity contribution >= 4 is 17.0 Å². The average molecular weight is 275 g/mol. The number of carbonyl (C=O) groups excluding carboxylic acids is 1. The van der Waals surface area contributed by atoms with Crippen molar-refractivity contribution in [2.45, 2.75) is 32.4 Å². The van der Waals surface area contributed by atoms with Gasteiger partial charge in [0.25, 0.3) is 0 Å². The molecule has 0 saturated heterocycles. The molecule has 1 amide bonds. The number of hydrogen-bond acceptors (Lipinski definition) is 3. The first-order valence-electron chi connectivity index (χ1n) is 6.65. The van der Waals surface area contributed by atoms with E-state index in [1.54, 1.807) is 0 Å². The van der Waals surface area contributed by atoms with Crippen LogP contribution in [-0.2, 0) is 4.74 Å². The third-order valence-corrected chi connectivity index (χ3v) is 2.88. The molecule has 2 aromatic rings. The van der Waals surface area contributed by atoms with Crippen LogP contribution >= 0.6 is 0 Å². The molecule has 1 heterocycles. The van der Waals surface area contributed by atoms with Crippen LogP contribution in [0.1, 0.15) is 32.4 Å². The summed E-state index contributed by atoms with van der Waals surface area (Å²) >= 11 is 0. The lowest BCUT2D eigenvalue weighted by Gasteiger charge is -2.21. The Kier molecular flexibility index (Phi) is 3.99. The molecule has 1 unspecified atom stereocenters. The van der Waals surface area contributed by atoms with Gasteiger partial charge in [-0.2, -0.15) is 0 Å². The van der Waals surface area contributed by atoms with E-state index < -0.39 is 11.7 Å². The van der Waals surface area contributed by atoms with Crippen molar-refractivity contribution in [1.29, 1.82) is 0 Å². The van der Waals surface area contributed by atoms with Gasteiger partial charge < -0.3 is 20.8 Å². The summed E-state index contributed by atoms with van der Waals surface area (Å²) in [5.74, 6) is 0. The number of hydrogen-bond donors (Lipinski definition) is 3. The fourth-order valence-corrected chi connectivity index (χ4v) is 2.04. The Hall–Kier alpha value is -2.01. The zero-order chi connectivity index (χ0) is 14.8. The Bertz CT molecular complexity index is 598. The van der Waals surface area contributed by atoms with Gasteiger partial charge in [0.1, 0.15) is 5.60 Å². The number of fused-ring (bicyclic) bond motifs is 1. The number of aromatic amines is 1. The number of nitrogens with one attached hydrogen (secondary N) is 2. The summed E-state index contributed by atoms with van der Waals surface area (Å²) in [6.45, 7) is 5.80. The quantitative estimate of drug-likeness (QED) is 0.805. The molecule has 1 aromatic heterocycles. The van der Waals surface area contributed by atoms with E-state index in [2.05, 4.69) is 10.3 Å². The average Bonchev–Trinajstić information content (AvgIpc) is 2.81. The molecule has 0 radical (unpaired) electrons. The molecule has 4 N–H and O–H groups in total. The second kappa shape index (κ2) is 5.54. The topological polar surface area (TPSA) is 80.1 Å². The molecule has 0 fully saturated rings. The molecule has 108 valence electrons. The molecule has 0 aliphatic heterocycles. The zero-order valence-electron chi connectivity index (χ0n) is 12.1. The number of rotatable bonds is 3. The minimum Gasteiger partial charge on any atom is -0.444 e. The number of alkyl carbamates (subject to hydrolysis) is 1. The van der Waals surface area contributed by atoms with Crippen LogP contribution in [0.5, 0.6) is 0 Å². The predicted molar refractivity (Wildman–Crippen MR) is 79.5 cm³/mol. The minimum atomic E-state index is -0.506. The molecule has 0 spiro atoms. The summed E-state index contributed by atoms with van der Waals surface area (Å²) in [6.07, 6.45) is 1.42. The van der Waals surface area contributed by atoms with Gasteiger partial charge in [-0.05, 0) is 37.8 Å². The Morgan fingerprint density at radius 2 is 2.15 bits per heavy atom. The van der Waals surface area contributed by atoms with Gasteiger partial charge in [-0.15, -0.1) is 0 Å². The van der Waals surface area contributed by atoms with Crippen LogP contribution in [0.25, 0.3) is 10.9 Å². The van der Waals surface area contributed by atoms with E-state index >= 15 is 0 Å². The monoisotopic (exact) mass is 275 g/mol. The number of para-hydroxylation sites is 1. The highest BCUT2D eigenvalue weighted by Gasteiger charge is 2.17. The van der Waals surface area contributed by atoms with Crippen LogP contribution in [0.2, 0.25) is 0 Å². The summed E-state index contributed by atoms with van der Waals surface area (Å²) in [4.78, 5) is 14.8. The number of H-pyrrole nitrogens is 1. The summed E-state index contributed by atoms with van der Waals surface area (Å²) in [5.41, 5.74) is 7.62. The summed E-state index contributed by atoms with van der Waals surface area (Å²) in [5, 5.41) is 3.80. The molecule has 2 rings (SSSR count). The predicted octanol–water partition coefficient (Wildman–Crippen LogP) is 2.69. The van der Waals surface area contributed by atoms with E-state index in [-0.39, 0.29) is 6.04 Å². The van der Waals surface area contributed by atoms with Crippen molar-refractivity contribution in [2.75, 3.05) is 6.54 Å². The van der Waals surface area contributed by atoms with Gasteiger partial charge in [0.05, 0.1) is 5.52 Å². The fourth-order valence-electron chi connectivity index (χ4n) is 2.04. The summed E-state index contributed by atoms with van der Waals surface area (Å²) in [6, 6.07) is 7.64. The lowest BCUT2D eigenvalue weighted by Crippen LogP contribution is -2.36. The molecule has 0 saturated carbocycles. The largest absolute Gasteiger partial charge is 0.444 e. The van der Waals surface area contributed by atoms with Crippen LogP contribution in [0, 0.1) is 0 Å². The SMILES string of the molecule is CC(C)(C)OC(=O)NCC(N)c1cccc2cc[nH]c12. The molecule has 0 bridgehead atoms. The Labute approximate surface area is 118 Å². The highest BCUT2D eigenvalue weighted by atomic mass is 16.6. The molecular weight excluding hydrogens is 254 g/mol. The van der Waals surface area contributed by atoms with E-state index in [9.17, 15) is 4.79 Å². The van der Waals surface area contributed by atoms with Gasteiger partial charge in [0, 0.05) is 18.8 Å². The molecule has 5 heteroatoms. The lowest BCUT2D eigenvalue weighted by atomic mass is 10.0. The summed E-state index contributed by atoms with van der Waals surface area (Å²) < 4.78 is 5.18. The number of benzene rings is 1. The van der Waals surface area contributed by atoms with Crippen molar-refractivity contribution in [3.05, 3.63) is 36.0 Å². The third-order valence-electron chi connectivity index (χ3n) is 2.88. The molecule has 5 nitrogen and oxygen atoms in total. The van der Waals surface area contributed by atoms with Gasteiger partial charge in [-0.3, -0.25) is 0 Å². The van der Waals surface area contributed by atoms with E-state index in [0.717, 1.165) is 16.5 Å². The van der Waals surface area contributed by atoms with Crippen LogP contribution in [-0.4, -0.2) is 23.2 Å². The van der Waals surface area contributed by atoms with Gasteiger partial charge in [0.2, 0.25) is 0 Å². The number of carbonyl (C=O) groups is 1. The van der Waals surface area contributed by atoms with Crippen LogP contribution in [0.3, 0.4) is 0 Å². The van der Waals surface area contributed by atoms with Crippen molar-refractivity contribution in [1.82, 2.24) is 10.3 Å². The van der Waals surface area contributed by atoms with Crippen molar-refractivity contribution in [3.63, 3.8) is 0 Å². The molecule has 1 aromatic carbocycles. The van der Waals surface area contributed by atoms with Gasteiger partial charge in [-0.25, -0.2) is 4.79 Å².